The third-order valence-corrected chi connectivity index (χ3v) is 4.13. The highest BCUT2D eigenvalue weighted by Gasteiger charge is 2.38. The maximum absolute atomic E-state index is 12.4. The van der Waals surface area contributed by atoms with Crippen LogP contribution >= 0.6 is 0 Å². The molecule has 1 atom stereocenters. The third-order valence-electron chi connectivity index (χ3n) is 4.13. The molecule has 3 rings (SSSR count). The molecule has 0 radical (unpaired) electrons. The SMILES string of the molecule is CC(C)(O)C1CCCN1C(=O)Nc1ccc2[nH]ccc2c1. The lowest BCUT2D eigenvalue weighted by molar-refractivity contribution is 0.0117. The van der Waals surface area contributed by atoms with Crippen LogP contribution in [-0.4, -0.2) is 39.2 Å². The number of nitrogens with zero attached hydrogens (tertiary/aromatic N) is 1. The molecule has 1 aliphatic rings. The minimum absolute atomic E-state index is 0.131. The third kappa shape index (κ3) is 2.74. The van der Waals surface area contributed by atoms with Crippen LogP contribution in [0.1, 0.15) is 26.7 Å². The molecule has 1 fully saturated rings. The van der Waals surface area contributed by atoms with Crippen LogP contribution < -0.4 is 5.32 Å². The standard InChI is InChI=1S/C16H21N3O2/c1-16(2,21)14-4-3-9-19(14)15(20)18-12-5-6-13-11(10-12)7-8-17-13/h5-8,10,14,17,21H,3-4,9H2,1-2H3,(H,18,20). The minimum Gasteiger partial charge on any atom is -0.388 e. The Bertz CT molecular complexity index is 657. The molecule has 2 amide bonds. The van der Waals surface area contributed by atoms with Crippen molar-refractivity contribution in [1.29, 1.82) is 0 Å². The number of hydrogen-bond donors (Lipinski definition) is 3. The van der Waals surface area contributed by atoms with Gasteiger partial charge in [0.2, 0.25) is 0 Å². The summed E-state index contributed by atoms with van der Waals surface area (Å²) in [5, 5.41) is 14.2. The van der Waals surface area contributed by atoms with E-state index in [0.29, 0.717) is 6.54 Å². The number of amides is 2. The van der Waals surface area contributed by atoms with E-state index in [1.165, 1.54) is 0 Å². The molecule has 2 aromatic rings. The van der Waals surface area contributed by atoms with E-state index in [1.807, 2.05) is 30.5 Å². The molecule has 1 aliphatic heterocycles. The van der Waals surface area contributed by atoms with Crippen molar-refractivity contribution >= 4 is 22.6 Å². The first kappa shape index (κ1) is 13.9. The van der Waals surface area contributed by atoms with Crippen LogP contribution in [0.2, 0.25) is 0 Å². The van der Waals surface area contributed by atoms with Gasteiger partial charge in [0.15, 0.2) is 0 Å². The molecule has 1 unspecified atom stereocenters. The summed E-state index contributed by atoms with van der Waals surface area (Å²) in [4.78, 5) is 17.3. The molecule has 21 heavy (non-hydrogen) atoms. The van der Waals surface area contributed by atoms with Gasteiger partial charge >= 0.3 is 6.03 Å². The molecule has 112 valence electrons. The average Bonchev–Trinajstić information content (AvgIpc) is 3.06. The number of likely N-dealkylation sites (tertiary alicyclic amines) is 1. The van der Waals surface area contributed by atoms with E-state index < -0.39 is 5.60 Å². The highest BCUT2D eigenvalue weighted by atomic mass is 16.3. The summed E-state index contributed by atoms with van der Waals surface area (Å²) in [6.07, 6.45) is 3.65. The Balaban J connectivity index is 1.76. The number of aromatic nitrogens is 1. The lowest BCUT2D eigenvalue weighted by atomic mass is 9.97. The Morgan fingerprint density at radius 3 is 3.00 bits per heavy atom. The lowest BCUT2D eigenvalue weighted by Crippen LogP contribution is -2.49. The van der Waals surface area contributed by atoms with Crippen molar-refractivity contribution in [1.82, 2.24) is 9.88 Å². The summed E-state index contributed by atoms with van der Waals surface area (Å²) < 4.78 is 0. The van der Waals surface area contributed by atoms with Gasteiger partial charge in [-0.15, -0.1) is 0 Å². The number of fused-ring (bicyclic) bond motifs is 1. The van der Waals surface area contributed by atoms with Crippen molar-refractivity contribution in [3.63, 3.8) is 0 Å². The number of carbonyl (C=O) groups is 1. The summed E-state index contributed by atoms with van der Waals surface area (Å²) in [5.41, 5.74) is 0.940. The Labute approximate surface area is 124 Å². The quantitative estimate of drug-likeness (QED) is 0.795. The number of carbonyl (C=O) groups excluding carboxylic acids is 1. The van der Waals surface area contributed by atoms with Gasteiger partial charge in [-0.05, 0) is 51.0 Å². The fraction of sp³-hybridized carbons (Fsp3) is 0.438. The van der Waals surface area contributed by atoms with Crippen molar-refractivity contribution in [2.45, 2.75) is 38.3 Å². The van der Waals surface area contributed by atoms with E-state index in [2.05, 4.69) is 10.3 Å². The van der Waals surface area contributed by atoms with E-state index in [1.54, 1.807) is 18.7 Å². The van der Waals surface area contributed by atoms with Crippen molar-refractivity contribution in [2.75, 3.05) is 11.9 Å². The molecular weight excluding hydrogens is 266 g/mol. The first-order chi connectivity index (χ1) is 9.95. The van der Waals surface area contributed by atoms with Gasteiger partial charge in [0.25, 0.3) is 0 Å². The molecular formula is C16H21N3O2. The summed E-state index contributed by atoms with van der Waals surface area (Å²) in [7, 11) is 0. The van der Waals surface area contributed by atoms with Crippen molar-refractivity contribution in [3.8, 4) is 0 Å². The Hall–Kier alpha value is -2.01. The Kier molecular flexibility index (Phi) is 3.37. The second-order valence-corrected chi connectivity index (χ2v) is 6.21. The number of rotatable bonds is 2. The fourth-order valence-electron chi connectivity index (χ4n) is 3.07. The number of H-pyrrole nitrogens is 1. The van der Waals surface area contributed by atoms with Crippen LogP contribution in [0.15, 0.2) is 30.5 Å². The van der Waals surface area contributed by atoms with Gasteiger partial charge in [0, 0.05) is 29.3 Å². The summed E-state index contributed by atoms with van der Waals surface area (Å²) >= 11 is 0. The zero-order chi connectivity index (χ0) is 15.0. The average molecular weight is 287 g/mol. The molecule has 1 aromatic heterocycles. The van der Waals surface area contributed by atoms with Crippen LogP contribution in [0.5, 0.6) is 0 Å². The fourth-order valence-corrected chi connectivity index (χ4v) is 3.07. The molecule has 3 N–H and O–H groups in total. The number of aromatic amines is 1. The zero-order valence-electron chi connectivity index (χ0n) is 12.4. The number of hydrogen-bond acceptors (Lipinski definition) is 2. The summed E-state index contributed by atoms with van der Waals surface area (Å²) in [6.45, 7) is 4.21. The van der Waals surface area contributed by atoms with Crippen molar-refractivity contribution in [3.05, 3.63) is 30.5 Å². The van der Waals surface area contributed by atoms with Crippen LogP contribution in [-0.2, 0) is 0 Å². The molecule has 1 saturated heterocycles. The van der Waals surface area contributed by atoms with E-state index in [4.69, 9.17) is 0 Å². The first-order valence-corrected chi connectivity index (χ1v) is 7.32. The molecule has 5 nitrogen and oxygen atoms in total. The first-order valence-electron chi connectivity index (χ1n) is 7.32. The van der Waals surface area contributed by atoms with E-state index in [9.17, 15) is 9.90 Å². The molecule has 0 bridgehead atoms. The zero-order valence-corrected chi connectivity index (χ0v) is 12.4. The monoisotopic (exact) mass is 287 g/mol. The Morgan fingerprint density at radius 1 is 1.43 bits per heavy atom. The van der Waals surface area contributed by atoms with Crippen LogP contribution in [0.3, 0.4) is 0 Å². The summed E-state index contributed by atoms with van der Waals surface area (Å²) in [5.74, 6) is 0. The lowest BCUT2D eigenvalue weighted by Gasteiger charge is -2.33. The van der Waals surface area contributed by atoms with Gasteiger partial charge in [-0.1, -0.05) is 0 Å². The van der Waals surface area contributed by atoms with E-state index >= 15 is 0 Å². The predicted octanol–water partition coefficient (Wildman–Crippen LogP) is 2.94. The van der Waals surface area contributed by atoms with Crippen LogP contribution in [0.4, 0.5) is 10.5 Å². The van der Waals surface area contributed by atoms with E-state index in [0.717, 1.165) is 29.4 Å². The number of urea groups is 1. The van der Waals surface area contributed by atoms with Gasteiger partial charge in [-0.25, -0.2) is 4.79 Å². The normalized spacial score (nSPS) is 19.2. The van der Waals surface area contributed by atoms with Crippen LogP contribution in [0, 0.1) is 0 Å². The van der Waals surface area contributed by atoms with Gasteiger partial charge in [0.1, 0.15) is 0 Å². The van der Waals surface area contributed by atoms with Gasteiger partial charge in [-0.2, -0.15) is 0 Å². The molecule has 0 saturated carbocycles. The van der Waals surface area contributed by atoms with E-state index in [-0.39, 0.29) is 12.1 Å². The molecule has 0 aliphatic carbocycles. The van der Waals surface area contributed by atoms with Crippen LogP contribution in [0.25, 0.3) is 10.9 Å². The smallest absolute Gasteiger partial charge is 0.322 e. The molecule has 0 spiro atoms. The predicted molar refractivity (Wildman–Crippen MR) is 83.3 cm³/mol. The number of nitrogens with one attached hydrogen (secondary N) is 2. The summed E-state index contributed by atoms with van der Waals surface area (Å²) in [6, 6.07) is 7.47. The largest absolute Gasteiger partial charge is 0.388 e. The number of aliphatic hydroxyl groups is 1. The van der Waals surface area contributed by atoms with Gasteiger partial charge < -0.3 is 20.3 Å². The van der Waals surface area contributed by atoms with Crippen molar-refractivity contribution < 1.29 is 9.90 Å². The molecule has 2 heterocycles. The number of benzene rings is 1. The molecule has 5 heteroatoms. The topological polar surface area (TPSA) is 68.4 Å². The molecule has 1 aromatic carbocycles. The minimum atomic E-state index is -0.877. The van der Waals surface area contributed by atoms with Crippen molar-refractivity contribution in [2.24, 2.45) is 0 Å². The highest BCUT2D eigenvalue weighted by Crippen LogP contribution is 2.27. The second kappa shape index (κ2) is 5.07. The number of anilines is 1. The second-order valence-electron chi connectivity index (χ2n) is 6.21. The Morgan fingerprint density at radius 2 is 2.24 bits per heavy atom. The maximum Gasteiger partial charge on any atom is 0.322 e. The van der Waals surface area contributed by atoms with Gasteiger partial charge in [-0.3, -0.25) is 0 Å². The maximum atomic E-state index is 12.4. The highest BCUT2D eigenvalue weighted by molar-refractivity contribution is 5.93. The van der Waals surface area contributed by atoms with Gasteiger partial charge in [0.05, 0.1) is 11.6 Å².